The Morgan fingerprint density at radius 3 is 2.56 bits per heavy atom. The molecule has 1 heterocycles. The highest BCUT2D eigenvalue weighted by Gasteiger charge is 2.38. The summed E-state index contributed by atoms with van der Waals surface area (Å²) in [4.78, 5) is 24.0. The van der Waals surface area contributed by atoms with Crippen molar-refractivity contribution in [2.75, 3.05) is 0 Å². The van der Waals surface area contributed by atoms with E-state index in [4.69, 9.17) is 0 Å². The molecule has 1 aromatic carbocycles. The molecule has 0 bridgehead atoms. The second-order valence-corrected chi connectivity index (χ2v) is 6.85. The summed E-state index contributed by atoms with van der Waals surface area (Å²) < 4.78 is 1.75. The fraction of sp³-hybridized carbons (Fsp3) is 0.421. The van der Waals surface area contributed by atoms with E-state index in [9.17, 15) is 14.7 Å². The molecule has 1 amide bonds. The normalized spacial score (nSPS) is 15.9. The molecule has 132 valence electrons. The third-order valence-corrected chi connectivity index (χ3v) is 5.03. The number of carboxylic acid groups (broad SMARTS) is 1. The Kier molecular flexibility index (Phi) is 4.61. The first-order chi connectivity index (χ1) is 11.9. The molecule has 25 heavy (non-hydrogen) atoms. The molecular weight excluding hydrogens is 318 g/mol. The van der Waals surface area contributed by atoms with E-state index in [1.54, 1.807) is 10.9 Å². The van der Waals surface area contributed by atoms with Crippen molar-refractivity contribution in [1.29, 1.82) is 0 Å². The molecule has 1 aliphatic rings. The molecule has 1 aliphatic carbocycles. The van der Waals surface area contributed by atoms with E-state index in [-0.39, 0.29) is 12.3 Å². The van der Waals surface area contributed by atoms with Crippen molar-refractivity contribution in [2.45, 2.75) is 51.5 Å². The number of benzene rings is 1. The lowest BCUT2D eigenvalue weighted by molar-refractivity contribution is -0.138. The lowest BCUT2D eigenvalue weighted by Crippen LogP contribution is -2.47. The maximum Gasteiger partial charge on any atom is 0.305 e. The van der Waals surface area contributed by atoms with Crippen molar-refractivity contribution in [2.24, 2.45) is 0 Å². The van der Waals surface area contributed by atoms with Gasteiger partial charge in [0.15, 0.2) is 0 Å². The van der Waals surface area contributed by atoms with Crippen LogP contribution in [0.25, 0.3) is 5.69 Å². The smallest absolute Gasteiger partial charge is 0.305 e. The van der Waals surface area contributed by atoms with E-state index in [1.807, 2.05) is 38.1 Å². The first-order valence-electron chi connectivity index (χ1n) is 8.57. The highest BCUT2D eigenvalue weighted by molar-refractivity contribution is 5.96. The predicted molar refractivity (Wildman–Crippen MR) is 94.0 cm³/mol. The van der Waals surface area contributed by atoms with E-state index in [2.05, 4.69) is 10.4 Å². The monoisotopic (exact) mass is 341 g/mol. The topological polar surface area (TPSA) is 84.2 Å². The van der Waals surface area contributed by atoms with Crippen LogP contribution in [0.4, 0.5) is 0 Å². The Hall–Kier alpha value is -2.63. The zero-order valence-corrected chi connectivity index (χ0v) is 14.6. The van der Waals surface area contributed by atoms with Crippen LogP contribution < -0.4 is 5.32 Å². The molecule has 3 rings (SSSR count). The maximum atomic E-state index is 12.8. The van der Waals surface area contributed by atoms with Crippen LogP contribution in [0.1, 0.15) is 53.7 Å². The fourth-order valence-corrected chi connectivity index (χ4v) is 3.67. The molecule has 1 aromatic heterocycles. The summed E-state index contributed by atoms with van der Waals surface area (Å²) in [5.74, 6) is -1.13. The van der Waals surface area contributed by atoms with Crippen LogP contribution in [0.5, 0.6) is 0 Å². The number of carboxylic acids is 1. The summed E-state index contributed by atoms with van der Waals surface area (Å²) in [5.41, 5.74) is 2.59. The van der Waals surface area contributed by atoms with Gasteiger partial charge in [-0.2, -0.15) is 5.10 Å². The van der Waals surface area contributed by atoms with Gasteiger partial charge in [-0.05, 0) is 38.3 Å². The summed E-state index contributed by atoms with van der Waals surface area (Å²) in [6.45, 7) is 3.85. The second-order valence-electron chi connectivity index (χ2n) is 6.85. The van der Waals surface area contributed by atoms with Crippen molar-refractivity contribution >= 4 is 11.9 Å². The molecule has 1 fully saturated rings. The molecule has 0 unspecified atom stereocenters. The Morgan fingerprint density at radius 1 is 1.24 bits per heavy atom. The summed E-state index contributed by atoms with van der Waals surface area (Å²) >= 11 is 0. The number of rotatable bonds is 5. The number of aliphatic carboxylic acids is 1. The third-order valence-electron chi connectivity index (χ3n) is 5.03. The number of carbonyl (C=O) groups excluding carboxylic acids is 1. The molecule has 0 radical (unpaired) electrons. The van der Waals surface area contributed by atoms with Crippen LogP contribution in [-0.4, -0.2) is 32.3 Å². The van der Waals surface area contributed by atoms with E-state index < -0.39 is 11.5 Å². The van der Waals surface area contributed by atoms with Crippen LogP contribution in [0.15, 0.2) is 30.5 Å². The highest BCUT2D eigenvalue weighted by atomic mass is 16.4. The number of hydrogen-bond acceptors (Lipinski definition) is 3. The van der Waals surface area contributed by atoms with Gasteiger partial charge in [-0.15, -0.1) is 0 Å². The number of hydrogen-bond donors (Lipinski definition) is 2. The summed E-state index contributed by atoms with van der Waals surface area (Å²) in [6, 6.07) is 7.85. The molecule has 1 saturated carbocycles. The minimum atomic E-state index is -0.880. The van der Waals surface area contributed by atoms with Gasteiger partial charge in [-0.3, -0.25) is 9.59 Å². The summed E-state index contributed by atoms with van der Waals surface area (Å²) in [6.07, 6.45) is 4.81. The SMILES string of the molecule is Cc1ccccc1-n1ncc(C(=O)NC2(CC(=O)O)CCCC2)c1C. The van der Waals surface area contributed by atoms with Gasteiger partial charge in [0.05, 0.1) is 35.1 Å². The van der Waals surface area contributed by atoms with Gasteiger partial charge < -0.3 is 10.4 Å². The average molecular weight is 341 g/mol. The number of carbonyl (C=O) groups is 2. The fourth-order valence-electron chi connectivity index (χ4n) is 3.67. The van der Waals surface area contributed by atoms with Gasteiger partial charge in [0.1, 0.15) is 0 Å². The quantitative estimate of drug-likeness (QED) is 0.875. The minimum Gasteiger partial charge on any atom is -0.481 e. The van der Waals surface area contributed by atoms with E-state index in [0.29, 0.717) is 18.4 Å². The van der Waals surface area contributed by atoms with E-state index in [0.717, 1.165) is 29.8 Å². The Morgan fingerprint density at radius 2 is 1.92 bits per heavy atom. The molecule has 6 nitrogen and oxygen atoms in total. The van der Waals surface area contributed by atoms with E-state index >= 15 is 0 Å². The van der Waals surface area contributed by atoms with Gasteiger partial charge >= 0.3 is 5.97 Å². The maximum absolute atomic E-state index is 12.8. The van der Waals surface area contributed by atoms with E-state index in [1.165, 1.54) is 0 Å². The summed E-state index contributed by atoms with van der Waals surface area (Å²) in [7, 11) is 0. The van der Waals surface area contributed by atoms with Crippen molar-refractivity contribution in [3.63, 3.8) is 0 Å². The molecule has 6 heteroatoms. The molecular formula is C19H23N3O3. The first kappa shape index (κ1) is 17.2. The zero-order chi connectivity index (χ0) is 18.0. The number of aromatic nitrogens is 2. The van der Waals surface area contributed by atoms with Gasteiger partial charge in [0, 0.05) is 0 Å². The number of amides is 1. The molecule has 0 atom stereocenters. The lowest BCUT2D eigenvalue weighted by Gasteiger charge is -2.28. The zero-order valence-electron chi connectivity index (χ0n) is 14.6. The van der Waals surface area contributed by atoms with Crippen molar-refractivity contribution in [1.82, 2.24) is 15.1 Å². The third kappa shape index (κ3) is 3.43. The Bertz CT molecular complexity index is 804. The van der Waals surface area contributed by atoms with Gasteiger partial charge in [0.2, 0.25) is 0 Å². The number of aryl methyl sites for hydroxylation is 1. The second kappa shape index (κ2) is 6.70. The van der Waals surface area contributed by atoms with Gasteiger partial charge in [-0.25, -0.2) is 4.68 Å². The Balaban J connectivity index is 1.86. The van der Waals surface area contributed by atoms with Gasteiger partial charge in [0.25, 0.3) is 5.91 Å². The molecule has 2 N–H and O–H groups in total. The minimum absolute atomic E-state index is 0.0380. The highest BCUT2D eigenvalue weighted by Crippen LogP contribution is 2.33. The van der Waals surface area contributed by atoms with Crippen LogP contribution in [0, 0.1) is 13.8 Å². The number of nitrogens with one attached hydrogen (secondary N) is 1. The standard InChI is InChI=1S/C19H23N3O3/c1-13-7-3-4-8-16(13)22-14(2)15(12-20-22)18(25)21-19(11-17(23)24)9-5-6-10-19/h3-4,7-8,12H,5-6,9-11H2,1-2H3,(H,21,25)(H,23,24). The van der Waals surface area contributed by atoms with Crippen LogP contribution in [0.3, 0.4) is 0 Å². The first-order valence-corrected chi connectivity index (χ1v) is 8.57. The van der Waals surface area contributed by atoms with Crippen LogP contribution >= 0.6 is 0 Å². The van der Waals surface area contributed by atoms with Crippen molar-refractivity contribution in [3.05, 3.63) is 47.3 Å². The summed E-state index contributed by atoms with van der Waals surface area (Å²) in [5, 5.41) is 16.5. The van der Waals surface area contributed by atoms with Gasteiger partial charge in [-0.1, -0.05) is 31.0 Å². The predicted octanol–water partition coefficient (Wildman–Crippen LogP) is 3.01. The van der Waals surface area contributed by atoms with Crippen molar-refractivity contribution in [3.8, 4) is 5.69 Å². The molecule has 0 saturated heterocycles. The van der Waals surface area contributed by atoms with Crippen LogP contribution in [0.2, 0.25) is 0 Å². The number of nitrogens with zero attached hydrogens (tertiary/aromatic N) is 2. The van der Waals surface area contributed by atoms with Crippen LogP contribution in [-0.2, 0) is 4.79 Å². The Labute approximate surface area is 146 Å². The largest absolute Gasteiger partial charge is 0.481 e. The molecule has 0 spiro atoms. The average Bonchev–Trinajstić information content (AvgIpc) is 3.14. The van der Waals surface area contributed by atoms with Crippen molar-refractivity contribution < 1.29 is 14.7 Å². The lowest BCUT2D eigenvalue weighted by atomic mass is 9.92. The number of para-hydroxylation sites is 1. The molecule has 0 aliphatic heterocycles. The molecule has 2 aromatic rings.